The first-order valence-corrected chi connectivity index (χ1v) is 9.20. The summed E-state index contributed by atoms with van der Waals surface area (Å²) in [4.78, 5) is 2.51. The van der Waals surface area contributed by atoms with Crippen LogP contribution in [0.1, 0.15) is 25.7 Å². The third-order valence-corrected chi connectivity index (χ3v) is 5.67. The minimum atomic E-state index is -3.60. The molecule has 5 nitrogen and oxygen atoms in total. The van der Waals surface area contributed by atoms with Gasteiger partial charge in [-0.15, -0.1) is 0 Å². The Kier molecular flexibility index (Phi) is 4.19. The Hall–Kier alpha value is -1.11. The van der Waals surface area contributed by atoms with E-state index in [4.69, 9.17) is 5.14 Å². The van der Waals surface area contributed by atoms with E-state index >= 15 is 0 Å². The van der Waals surface area contributed by atoms with E-state index in [0.29, 0.717) is 6.04 Å². The summed E-state index contributed by atoms with van der Waals surface area (Å²) in [6.45, 7) is 3.25. The lowest BCUT2D eigenvalue weighted by Crippen LogP contribution is -2.40. The van der Waals surface area contributed by atoms with Crippen molar-refractivity contribution in [3.8, 4) is 0 Å². The Labute approximate surface area is 126 Å². The standard InChI is InChI=1S/C15H23N3O2S/c16-21(19,20)14-5-3-13(4-6-14)18-10-7-12(8-11-18)15-2-1-9-17-15/h3-6,12,15,17H,1-2,7-11H2,(H2,16,19,20). The van der Waals surface area contributed by atoms with E-state index in [1.54, 1.807) is 12.1 Å². The van der Waals surface area contributed by atoms with Gasteiger partial charge in [0, 0.05) is 24.8 Å². The fourth-order valence-corrected chi connectivity index (χ4v) is 4.04. The van der Waals surface area contributed by atoms with Crippen LogP contribution < -0.4 is 15.4 Å². The molecule has 0 spiro atoms. The minimum Gasteiger partial charge on any atom is -0.372 e. The fourth-order valence-electron chi connectivity index (χ4n) is 3.52. The first-order chi connectivity index (χ1) is 10.0. The fraction of sp³-hybridized carbons (Fsp3) is 0.600. The van der Waals surface area contributed by atoms with Crippen molar-refractivity contribution in [3.05, 3.63) is 24.3 Å². The number of rotatable bonds is 3. The molecule has 3 rings (SSSR count). The molecule has 21 heavy (non-hydrogen) atoms. The molecule has 2 saturated heterocycles. The molecule has 3 N–H and O–H groups in total. The summed E-state index contributed by atoms with van der Waals surface area (Å²) in [5.41, 5.74) is 1.08. The number of nitrogens with one attached hydrogen (secondary N) is 1. The van der Waals surface area contributed by atoms with Crippen LogP contribution in [0.5, 0.6) is 0 Å². The number of hydrogen-bond acceptors (Lipinski definition) is 4. The first kappa shape index (κ1) is 14.8. The van der Waals surface area contributed by atoms with Gasteiger partial charge in [-0.3, -0.25) is 0 Å². The van der Waals surface area contributed by atoms with Gasteiger partial charge in [0.25, 0.3) is 0 Å². The van der Waals surface area contributed by atoms with E-state index < -0.39 is 10.0 Å². The van der Waals surface area contributed by atoms with Crippen molar-refractivity contribution in [1.82, 2.24) is 5.32 Å². The molecule has 1 atom stereocenters. The molecular formula is C15H23N3O2S. The molecule has 6 heteroatoms. The summed E-state index contributed by atoms with van der Waals surface area (Å²) in [7, 11) is -3.60. The van der Waals surface area contributed by atoms with Crippen LogP contribution in [0.3, 0.4) is 0 Å². The highest BCUT2D eigenvalue weighted by Crippen LogP contribution is 2.28. The summed E-state index contributed by atoms with van der Waals surface area (Å²) in [6.07, 6.45) is 5.02. The second-order valence-corrected chi connectivity index (χ2v) is 7.63. The molecule has 2 heterocycles. The Morgan fingerprint density at radius 2 is 1.76 bits per heavy atom. The number of primary sulfonamides is 1. The van der Waals surface area contributed by atoms with E-state index in [1.165, 1.54) is 32.2 Å². The van der Waals surface area contributed by atoms with Crippen LogP contribution in [-0.4, -0.2) is 34.1 Å². The molecular weight excluding hydrogens is 286 g/mol. The monoisotopic (exact) mass is 309 g/mol. The van der Waals surface area contributed by atoms with E-state index in [2.05, 4.69) is 10.2 Å². The van der Waals surface area contributed by atoms with Crippen LogP contribution in [0.4, 0.5) is 5.69 Å². The molecule has 0 radical (unpaired) electrons. The third-order valence-electron chi connectivity index (χ3n) is 4.74. The highest BCUT2D eigenvalue weighted by Gasteiger charge is 2.28. The minimum absolute atomic E-state index is 0.177. The van der Waals surface area contributed by atoms with Crippen LogP contribution in [-0.2, 0) is 10.0 Å². The Bertz CT molecular complexity index is 571. The molecule has 1 aromatic rings. The number of anilines is 1. The van der Waals surface area contributed by atoms with Crippen LogP contribution in [0.25, 0.3) is 0 Å². The van der Waals surface area contributed by atoms with Crippen LogP contribution >= 0.6 is 0 Å². The molecule has 116 valence electrons. The number of piperidine rings is 1. The molecule has 1 aromatic carbocycles. The van der Waals surface area contributed by atoms with Crippen LogP contribution in [0.15, 0.2) is 29.2 Å². The number of hydrogen-bond donors (Lipinski definition) is 2. The second-order valence-electron chi connectivity index (χ2n) is 6.07. The SMILES string of the molecule is NS(=O)(=O)c1ccc(N2CCC(C3CCCN3)CC2)cc1. The second kappa shape index (κ2) is 5.94. The largest absolute Gasteiger partial charge is 0.372 e. The van der Waals surface area contributed by atoms with Crippen molar-refractivity contribution in [2.45, 2.75) is 36.6 Å². The molecule has 0 bridgehead atoms. The van der Waals surface area contributed by atoms with Gasteiger partial charge in [-0.1, -0.05) is 0 Å². The average molecular weight is 309 g/mol. The summed E-state index contributed by atoms with van der Waals surface area (Å²) in [6, 6.07) is 7.60. The average Bonchev–Trinajstić information content (AvgIpc) is 3.01. The van der Waals surface area contributed by atoms with Crippen molar-refractivity contribution in [1.29, 1.82) is 0 Å². The zero-order valence-electron chi connectivity index (χ0n) is 12.2. The first-order valence-electron chi connectivity index (χ1n) is 7.65. The summed E-state index contributed by atoms with van der Waals surface area (Å²) in [5.74, 6) is 0.785. The van der Waals surface area contributed by atoms with Gasteiger partial charge in [-0.2, -0.15) is 0 Å². The lowest BCUT2D eigenvalue weighted by molar-refractivity contribution is 0.319. The Balaban J connectivity index is 1.61. The van der Waals surface area contributed by atoms with Gasteiger partial charge < -0.3 is 10.2 Å². The molecule has 0 aromatic heterocycles. The van der Waals surface area contributed by atoms with Gasteiger partial charge in [0.1, 0.15) is 0 Å². The molecule has 0 amide bonds. The number of benzene rings is 1. The van der Waals surface area contributed by atoms with Crippen molar-refractivity contribution in [2.24, 2.45) is 11.1 Å². The molecule has 1 unspecified atom stereocenters. The summed E-state index contributed by atoms with van der Waals surface area (Å²) in [5, 5.41) is 8.73. The van der Waals surface area contributed by atoms with Crippen molar-refractivity contribution < 1.29 is 8.42 Å². The lowest BCUT2D eigenvalue weighted by Gasteiger charge is -2.36. The summed E-state index contributed by atoms with van der Waals surface area (Å²) < 4.78 is 22.5. The maximum atomic E-state index is 11.3. The zero-order chi connectivity index (χ0) is 14.9. The van der Waals surface area contributed by atoms with E-state index in [0.717, 1.165) is 24.7 Å². The van der Waals surface area contributed by atoms with E-state index in [9.17, 15) is 8.42 Å². The molecule has 0 saturated carbocycles. The number of nitrogens with two attached hydrogens (primary N) is 1. The van der Waals surface area contributed by atoms with Gasteiger partial charge in [0.2, 0.25) is 10.0 Å². The smallest absolute Gasteiger partial charge is 0.238 e. The maximum Gasteiger partial charge on any atom is 0.238 e. The normalized spacial score (nSPS) is 24.4. The number of nitrogens with zero attached hydrogens (tertiary/aromatic N) is 1. The highest BCUT2D eigenvalue weighted by atomic mass is 32.2. The van der Waals surface area contributed by atoms with Gasteiger partial charge >= 0.3 is 0 Å². The Morgan fingerprint density at radius 3 is 2.29 bits per heavy atom. The van der Waals surface area contributed by atoms with E-state index in [1.807, 2.05) is 12.1 Å². The molecule has 2 aliphatic rings. The lowest BCUT2D eigenvalue weighted by atomic mass is 9.88. The van der Waals surface area contributed by atoms with Crippen molar-refractivity contribution >= 4 is 15.7 Å². The van der Waals surface area contributed by atoms with Gasteiger partial charge in [-0.05, 0) is 62.4 Å². The van der Waals surface area contributed by atoms with Crippen LogP contribution in [0, 0.1) is 5.92 Å². The third kappa shape index (κ3) is 3.39. The van der Waals surface area contributed by atoms with Crippen LogP contribution in [0.2, 0.25) is 0 Å². The molecule has 2 fully saturated rings. The highest BCUT2D eigenvalue weighted by molar-refractivity contribution is 7.89. The molecule has 0 aliphatic carbocycles. The van der Waals surface area contributed by atoms with Gasteiger partial charge in [0.15, 0.2) is 0 Å². The van der Waals surface area contributed by atoms with Crippen molar-refractivity contribution in [3.63, 3.8) is 0 Å². The van der Waals surface area contributed by atoms with E-state index in [-0.39, 0.29) is 4.90 Å². The summed E-state index contributed by atoms with van der Waals surface area (Å²) >= 11 is 0. The predicted molar refractivity (Wildman–Crippen MR) is 83.8 cm³/mol. The van der Waals surface area contributed by atoms with Gasteiger partial charge in [-0.25, -0.2) is 13.6 Å². The zero-order valence-corrected chi connectivity index (χ0v) is 13.0. The quantitative estimate of drug-likeness (QED) is 0.882. The number of sulfonamides is 1. The van der Waals surface area contributed by atoms with Crippen molar-refractivity contribution in [2.75, 3.05) is 24.5 Å². The Morgan fingerprint density at radius 1 is 1.10 bits per heavy atom. The molecule has 2 aliphatic heterocycles. The van der Waals surface area contributed by atoms with Gasteiger partial charge in [0.05, 0.1) is 4.90 Å². The predicted octanol–water partition coefficient (Wildman–Crippen LogP) is 1.30. The maximum absolute atomic E-state index is 11.3. The topological polar surface area (TPSA) is 75.4 Å².